The van der Waals surface area contributed by atoms with Gasteiger partial charge in [-0.05, 0) is 25.2 Å². The van der Waals surface area contributed by atoms with Gasteiger partial charge in [0.05, 0.1) is 0 Å². The van der Waals surface area contributed by atoms with Gasteiger partial charge in [0.15, 0.2) is 5.69 Å². The minimum atomic E-state index is -0.609. The first kappa shape index (κ1) is 17.3. The van der Waals surface area contributed by atoms with E-state index in [2.05, 4.69) is 4.98 Å². The fraction of sp³-hybridized carbons (Fsp3) is 0.688. The molecule has 0 aliphatic heterocycles. The van der Waals surface area contributed by atoms with E-state index in [1.807, 2.05) is 6.92 Å². The zero-order chi connectivity index (χ0) is 17.0. The molecular formula is C16H26N4O3. The summed E-state index contributed by atoms with van der Waals surface area (Å²) >= 11 is 0. The lowest BCUT2D eigenvalue weighted by atomic mass is 10.0. The Morgan fingerprint density at radius 2 is 2.00 bits per heavy atom. The lowest BCUT2D eigenvalue weighted by molar-refractivity contribution is -0.119. The number of anilines is 2. The third-order valence-electron chi connectivity index (χ3n) is 4.60. The summed E-state index contributed by atoms with van der Waals surface area (Å²) in [6, 6.07) is 0. The van der Waals surface area contributed by atoms with Crippen LogP contribution in [0.3, 0.4) is 0 Å². The highest BCUT2D eigenvalue weighted by molar-refractivity contribution is 5.95. The van der Waals surface area contributed by atoms with Crippen LogP contribution in [0, 0.1) is 5.92 Å². The molecule has 0 unspecified atom stereocenters. The van der Waals surface area contributed by atoms with E-state index in [-0.39, 0.29) is 17.4 Å². The summed E-state index contributed by atoms with van der Waals surface area (Å²) in [4.78, 5) is 40.1. The Balaban J connectivity index is 2.27. The van der Waals surface area contributed by atoms with Crippen LogP contribution in [0.4, 0.5) is 11.5 Å². The molecular weight excluding hydrogens is 296 g/mol. The summed E-state index contributed by atoms with van der Waals surface area (Å²) < 4.78 is 1.33. The van der Waals surface area contributed by atoms with Gasteiger partial charge in [0.1, 0.15) is 5.82 Å². The van der Waals surface area contributed by atoms with Crippen LogP contribution < -0.4 is 21.9 Å². The number of carbonyl (C=O) groups excluding carboxylic acids is 1. The van der Waals surface area contributed by atoms with Crippen molar-refractivity contribution in [1.29, 1.82) is 0 Å². The number of aromatic amines is 1. The molecule has 128 valence electrons. The average Bonchev–Trinajstić information content (AvgIpc) is 2.99. The van der Waals surface area contributed by atoms with Crippen molar-refractivity contribution in [2.24, 2.45) is 5.92 Å². The van der Waals surface area contributed by atoms with Gasteiger partial charge >= 0.3 is 5.69 Å². The summed E-state index contributed by atoms with van der Waals surface area (Å²) in [5, 5.41) is 0. The van der Waals surface area contributed by atoms with Gasteiger partial charge in [-0.1, -0.05) is 26.2 Å². The molecule has 0 spiro atoms. The van der Waals surface area contributed by atoms with Crippen LogP contribution >= 0.6 is 0 Å². The number of nitrogen functional groups attached to an aromatic ring is 1. The topological polar surface area (TPSA) is 101 Å². The third kappa shape index (κ3) is 3.83. The molecule has 1 aliphatic rings. The Labute approximate surface area is 135 Å². The molecule has 23 heavy (non-hydrogen) atoms. The van der Waals surface area contributed by atoms with E-state index in [1.54, 1.807) is 7.05 Å². The number of amides is 1. The first-order valence-electron chi connectivity index (χ1n) is 8.34. The fourth-order valence-corrected chi connectivity index (χ4v) is 3.16. The van der Waals surface area contributed by atoms with Crippen LogP contribution in [0.1, 0.15) is 51.9 Å². The number of carbonyl (C=O) groups is 1. The largest absolute Gasteiger partial charge is 0.383 e. The number of hydrogen-bond donors (Lipinski definition) is 2. The number of nitrogens with one attached hydrogen (secondary N) is 1. The van der Waals surface area contributed by atoms with E-state index in [4.69, 9.17) is 5.73 Å². The van der Waals surface area contributed by atoms with E-state index in [0.717, 1.165) is 38.5 Å². The molecule has 7 nitrogen and oxygen atoms in total. The summed E-state index contributed by atoms with van der Waals surface area (Å²) in [5.41, 5.74) is 4.96. The number of H-pyrrole nitrogens is 1. The molecule has 0 saturated heterocycles. The van der Waals surface area contributed by atoms with Crippen LogP contribution in [0.5, 0.6) is 0 Å². The number of aromatic nitrogens is 2. The van der Waals surface area contributed by atoms with Crippen molar-refractivity contribution in [1.82, 2.24) is 9.55 Å². The van der Waals surface area contributed by atoms with E-state index in [0.29, 0.717) is 18.9 Å². The molecule has 1 amide bonds. The highest BCUT2D eigenvalue weighted by Crippen LogP contribution is 2.28. The molecule has 1 fully saturated rings. The van der Waals surface area contributed by atoms with Crippen molar-refractivity contribution in [2.75, 3.05) is 17.7 Å². The van der Waals surface area contributed by atoms with Crippen molar-refractivity contribution in [2.45, 2.75) is 58.4 Å². The van der Waals surface area contributed by atoms with Gasteiger partial charge in [-0.3, -0.25) is 19.1 Å². The Bertz CT molecular complexity index is 671. The number of nitrogens with zero attached hydrogens (tertiary/aromatic N) is 2. The molecule has 0 radical (unpaired) electrons. The summed E-state index contributed by atoms with van der Waals surface area (Å²) in [7, 11) is 1.55. The Hall–Kier alpha value is -2.05. The Kier molecular flexibility index (Phi) is 5.63. The minimum Gasteiger partial charge on any atom is -0.383 e. The lowest BCUT2D eigenvalue weighted by Crippen LogP contribution is -2.39. The summed E-state index contributed by atoms with van der Waals surface area (Å²) in [6.45, 7) is 2.43. The van der Waals surface area contributed by atoms with Gasteiger partial charge in [-0.25, -0.2) is 4.79 Å². The first-order chi connectivity index (χ1) is 11.0. The van der Waals surface area contributed by atoms with Gasteiger partial charge < -0.3 is 10.6 Å². The summed E-state index contributed by atoms with van der Waals surface area (Å²) in [6.07, 6.45) is 6.52. The standard InChI is InChI=1S/C16H26N4O3/c1-3-4-9-20-14(17)13(15(22)18-16(20)23)19(2)12(21)10-11-7-5-6-8-11/h11H,3-10,17H2,1-2H3,(H,18,22,23). The Morgan fingerprint density at radius 1 is 1.35 bits per heavy atom. The molecule has 1 heterocycles. The van der Waals surface area contributed by atoms with E-state index in [9.17, 15) is 14.4 Å². The van der Waals surface area contributed by atoms with E-state index in [1.165, 1.54) is 9.47 Å². The second-order valence-electron chi connectivity index (χ2n) is 6.31. The van der Waals surface area contributed by atoms with E-state index >= 15 is 0 Å². The zero-order valence-electron chi connectivity index (χ0n) is 13.9. The highest BCUT2D eigenvalue weighted by atomic mass is 16.2. The lowest BCUT2D eigenvalue weighted by Gasteiger charge is -2.21. The van der Waals surface area contributed by atoms with Crippen LogP contribution in [0.25, 0.3) is 0 Å². The second-order valence-corrected chi connectivity index (χ2v) is 6.31. The second kappa shape index (κ2) is 7.48. The molecule has 1 aromatic heterocycles. The maximum absolute atomic E-state index is 12.4. The highest BCUT2D eigenvalue weighted by Gasteiger charge is 2.24. The van der Waals surface area contributed by atoms with Gasteiger partial charge in [0.25, 0.3) is 5.56 Å². The molecule has 7 heteroatoms. The quantitative estimate of drug-likeness (QED) is 0.828. The molecule has 1 aromatic rings. The van der Waals surface area contributed by atoms with E-state index < -0.39 is 11.2 Å². The van der Waals surface area contributed by atoms with Crippen molar-refractivity contribution in [3.05, 3.63) is 20.8 Å². The van der Waals surface area contributed by atoms with Crippen LogP contribution in [-0.4, -0.2) is 22.5 Å². The number of nitrogens with two attached hydrogens (primary N) is 1. The van der Waals surface area contributed by atoms with Crippen molar-refractivity contribution in [3.63, 3.8) is 0 Å². The average molecular weight is 322 g/mol. The third-order valence-corrected chi connectivity index (χ3v) is 4.60. The van der Waals surface area contributed by atoms with Crippen molar-refractivity contribution >= 4 is 17.4 Å². The molecule has 1 saturated carbocycles. The van der Waals surface area contributed by atoms with Gasteiger partial charge in [0, 0.05) is 20.0 Å². The number of rotatable bonds is 6. The van der Waals surface area contributed by atoms with Crippen LogP contribution in [0.2, 0.25) is 0 Å². The first-order valence-corrected chi connectivity index (χ1v) is 8.34. The monoisotopic (exact) mass is 322 g/mol. The number of hydrogen-bond acceptors (Lipinski definition) is 4. The maximum Gasteiger partial charge on any atom is 0.330 e. The normalized spacial score (nSPS) is 15.0. The van der Waals surface area contributed by atoms with Gasteiger partial charge in [0.2, 0.25) is 5.91 Å². The Morgan fingerprint density at radius 3 is 2.61 bits per heavy atom. The number of unbranched alkanes of at least 4 members (excludes halogenated alkanes) is 1. The predicted molar refractivity (Wildman–Crippen MR) is 90.6 cm³/mol. The predicted octanol–water partition coefficient (Wildman–Crippen LogP) is 1.46. The van der Waals surface area contributed by atoms with Crippen LogP contribution in [0.15, 0.2) is 9.59 Å². The molecule has 0 aromatic carbocycles. The SMILES string of the molecule is CCCCn1c(N)c(N(C)C(=O)CC2CCCC2)c(=O)[nH]c1=O. The maximum atomic E-state index is 12.4. The molecule has 0 bridgehead atoms. The fourth-order valence-electron chi connectivity index (χ4n) is 3.16. The van der Waals surface area contributed by atoms with Crippen LogP contribution in [-0.2, 0) is 11.3 Å². The smallest absolute Gasteiger partial charge is 0.330 e. The summed E-state index contributed by atoms with van der Waals surface area (Å²) in [5.74, 6) is 0.320. The molecule has 3 N–H and O–H groups in total. The molecule has 2 rings (SSSR count). The molecule has 1 aliphatic carbocycles. The van der Waals surface area contributed by atoms with Crippen molar-refractivity contribution < 1.29 is 4.79 Å². The van der Waals surface area contributed by atoms with Crippen molar-refractivity contribution in [3.8, 4) is 0 Å². The van der Waals surface area contributed by atoms with Gasteiger partial charge in [-0.15, -0.1) is 0 Å². The minimum absolute atomic E-state index is 0.0643. The van der Waals surface area contributed by atoms with Gasteiger partial charge in [-0.2, -0.15) is 0 Å². The molecule has 0 atom stereocenters. The zero-order valence-corrected chi connectivity index (χ0v) is 13.9.